The molecule has 7 rings (SSSR count). The number of aryl methyl sites for hydroxylation is 2. The van der Waals surface area contributed by atoms with Crippen LogP contribution in [0.3, 0.4) is 0 Å². The molecular formula is C30H34N8O3. The second kappa shape index (κ2) is 10.0. The summed E-state index contributed by atoms with van der Waals surface area (Å²) < 4.78 is 16.1. The highest BCUT2D eigenvalue weighted by Gasteiger charge is 2.37. The second-order valence-corrected chi connectivity index (χ2v) is 11.0. The van der Waals surface area contributed by atoms with Gasteiger partial charge in [0.2, 0.25) is 0 Å². The number of aliphatic hydroxyl groups is 1. The zero-order chi connectivity index (χ0) is 28.2. The fourth-order valence-corrected chi connectivity index (χ4v) is 5.76. The molecule has 11 nitrogen and oxygen atoms in total. The molecule has 0 bridgehead atoms. The van der Waals surface area contributed by atoms with Gasteiger partial charge < -0.3 is 29.8 Å². The van der Waals surface area contributed by atoms with Crippen molar-refractivity contribution in [2.75, 3.05) is 24.3 Å². The Kier molecular flexibility index (Phi) is 6.28. The molecule has 1 unspecified atom stereocenters. The number of pyridine rings is 1. The molecular weight excluding hydrogens is 520 g/mol. The highest BCUT2D eigenvalue weighted by molar-refractivity contribution is 6.00. The lowest BCUT2D eigenvalue weighted by Gasteiger charge is -2.22. The molecule has 0 amide bonds. The van der Waals surface area contributed by atoms with Crippen LogP contribution in [-0.2, 0) is 18.2 Å². The Morgan fingerprint density at radius 1 is 1.20 bits per heavy atom. The van der Waals surface area contributed by atoms with Crippen LogP contribution in [0.15, 0.2) is 49.1 Å². The lowest BCUT2D eigenvalue weighted by atomic mass is 10.1. The number of ether oxygens (including phenoxy) is 2. The van der Waals surface area contributed by atoms with E-state index in [1.54, 1.807) is 4.68 Å². The number of benzene rings is 1. The topological polar surface area (TPSA) is 129 Å². The van der Waals surface area contributed by atoms with Crippen LogP contribution in [0.25, 0.3) is 33.2 Å². The van der Waals surface area contributed by atoms with Gasteiger partial charge in [0.25, 0.3) is 0 Å². The highest BCUT2D eigenvalue weighted by atomic mass is 16.6. The van der Waals surface area contributed by atoms with E-state index in [0.29, 0.717) is 35.1 Å². The van der Waals surface area contributed by atoms with Gasteiger partial charge in [-0.3, -0.25) is 9.67 Å². The largest absolute Gasteiger partial charge is 0.491 e. The first-order valence-corrected chi connectivity index (χ1v) is 14.1. The first kappa shape index (κ1) is 25.7. The van der Waals surface area contributed by atoms with Crippen molar-refractivity contribution in [3.8, 4) is 17.0 Å². The number of nitrogens with zero attached hydrogens (tertiary/aromatic N) is 7. The number of aromatic nitrogens is 6. The lowest BCUT2D eigenvalue weighted by molar-refractivity contribution is -0.0379. The van der Waals surface area contributed by atoms with Crippen molar-refractivity contribution in [1.82, 2.24) is 29.3 Å². The molecule has 2 fully saturated rings. The maximum atomic E-state index is 10.9. The van der Waals surface area contributed by atoms with Crippen LogP contribution >= 0.6 is 0 Å². The molecule has 1 aromatic carbocycles. The van der Waals surface area contributed by atoms with E-state index in [4.69, 9.17) is 20.2 Å². The van der Waals surface area contributed by atoms with Crippen molar-refractivity contribution in [2.45, 2.75) is 57.1 Å². The fourth-order valence-electron chi connectivity index (χ4n) is 5.76. The Bertz CT molecular complexity index is 1740. The van der Waals surface area contributed by atoms with Gasteiger partial charge >= 0.3 is 0 Å². The van der Waals surface area contributed by atoms with Crippen molar-refractivity contribution < 1.29 is 14.6 Å². The van der Waals surface area contributed by atoms with E-state index in [-0.39, 0.29) is 6.61 Å². The zero-order valence-electron chi connectivity index (χ0n) is 23.4. The maximum Gasteiger partial charge on any atom is 0.148 e. The summed E-state index contributed by atoms with van der Waals surface area (Å²) in [7, 11) is 4.03. The number of fused-ring (bicyclic) bond motifs is 2. The van der Waals surface area contributed by atoms with Crippen molar-refractivity contribution in [3.05, 3.63) is 54.7 Å². The van der Waals surface area contributed by atoms with E-state index >= 15 is 0 Å². The summed E-state index contributed by atoms with van der Waals surface area (Å²) in [5, 5.41) is 17.3. The summed E-state index contributed by atoms with van der Waals surface area (Å²) in [5.41, 5.74) is 11.7. The molecule has 1 saturated carbocycles. The van der Waals surface area contributed by atoms with Crippen LogP contribution in [0.1, 0.15) is 38.1 Å². The standard InChI is InChI=1S/C30H34N8O3/c1-4-17-11-24(37(3)18-5-6-18)20-8-7-19(12-23(20)34-17)40-15-26-25(39)13-27(41-26)38-14-21(22-9-10-36(2)35-22)28-29(31)32-16-33-30(28)38/h7-12,14,16,18,25-27,39H,4-6,13,15H2,1-3H3,(H2,31,32,33)/t25-,26?,27+/m0/s1. The predicted molar refractivity (Wildman–Crippen MR) is 157 cm³/mol. The molecule has 0 spiro atoms. The first-order chi connectivity index (χ1) is 19.9. The number of hydrogen-bond acceptors (Lipinski definition) is 9. The van der Waals surface area contributed by atoms with E-state index in [1.165, 1.54) is 24.9 Å². The van der Waals surface area contributed by atoms with Crippen molar-refractivity contribution in [3.63, 3.8) is 0 Å². The van der Waals surface area contributed by atoms with Gasteiger partial charge in [-0.2, -0.15) is 5.10 Å². The Morgan fingerprint density at radius 2 is 2.05 bits per heavy atom. The van der Waals surface area contributed by atoms with Crippen LogP contribution in [-0.4, -0.2) is 66.3 Å². The first-order valence-electron chi connectivity index (χ1n) is 14.1. The number of hydrogen-bond donors (Lipinski definition) is 2. The zero-order valence-corrected chi connectivity index (χ0v) is 23.4. The summed E-state index contributed by atoms with van der Waals surface area (Å²) in [6.45, 7) is 2.33. The minimum Gasteiger partial charge on any atom is -0.491 e. The van der Waals surface area contributed by atoms with Gasteiger partial charge in [-0.1, -0.05) is 6.92 Å². The van der Waals surface area contributed by atoms with Gasteiger partial charge in [0.15, 0.2) is 0 Å². The van der Waals surface area contributed by atoms with Gasteiger partial charge in [-0.05, 0) is 43.5 Å². The monoisotopic (exact) mass is 554 g/mol. The fraction of sp³-hybridized carbons (Fsp3) is 0.400. The molecule has 3 N–H and O–H groups in total. The van der Waals surface area contributed by atoms with Gasteiger partial charge in [-0.15, -0.1) is 0 Å². The second-order valence-electron chi connectivity index (χ2n) is 11.0. The van der Waals surface area contributed by atoms with Crippen molar-refractivity contribution in [2.24, 2.45) is 7.05 Å². The summed E-state index contributed by atoms with van der Waals surface area (Å²) in [4.78, 5) is 15.9. The van der Waals surface area contributed by atoms with Crippen molar-refractivity contribution >= 4 is 33.4 Å². The van der Waals surface area contributed by atoms with Crippen LogP contribution in [0, 0.1) is 0 Å². The molecule has 4 aromatic heterocycles. The Hall–Kier alpha value is -4.22. The number of aliphatic hydroxyl groups excluding tert-OH is 1. The number of anilines is 2. The van der Waals surface area contributed by atoms with Gasteiger partial charge in [0.1, 0.15) is 42.5 Å². The SMILES string of the molecule is CCc1cc(N(C)C2CC2)c2ccc(OCC3O[C@@H](n4cc(-c5ccn(C)n5)c5c(N)ncnc54)C[C@@H]3O)cc2n1. The summed E-state index contributed by atoms with van der Waals surface area (Å²) in [5.74, 6) is 1.07. The Labute approximate surface area is 237 Å². The smallest absolute Gasteiger partial charge is 0.148 e. The molecule has 41 heavy (non-hydrogen) atoms. The molecule has 5 heterocycles. The molecule has 212 valence electrons. The average molecular weight is 555 g/mol. The van der Waals surface area contributed by atoms with Gasteiger partial charge in [0, 0.05) is 67.3 Å². The third-order valence-corrected chi connectivity index (χ3v) is 8.21. The van der Waals surface area contributed by atoms with E-state index in [1.807, 2.05) is 42.2 Å². The van der Waals surface area contributed by atoms with E-state index < -0.39 is 18.4 Å². The van der Waals surface area contributed by atoms with Crippen LogP contribution in [0.2, 0.25) is 0 Å². The van der Waals surface area contributed by atoms with Crippen LogP contribution < -0.4 is 15.4 Å². The predicted octanol–water partition coefficient (Wildman–Crippen LogP) is 3.85. The van der Waals surface area contributed by atoms with E-state index in [2.05, 4.69) is 46.1 Å². The van der Waals surface area contributed by atoms with Crippen LogP contribution in [0.5, 0.6) is 5.75 Å². The number of nitrogen functional groups attached to an aromatic ring is 1. The van der Waals surface area contributed by atoms with Gasteiger partial charge in [0.05, 0.1) is 22.7 Å². The number of rotatable bonds is 8. The Balaban J connectivity index is 1.12. The summed E-state index contributed by atoms with van der Waals surface area (Å²) in [6, 6.07) is 10.8. The molecule has 11 heteroatoms. The van der Waals surface area contributed by atoms with E-state index in [0.717, 1.165) is 34.3 Å². The summed E-state index contributed by atoms with van der Waals surface area (Å²) >= 11 is 0. The quantitative estimate of drug-likeness (QED) is 0.294. The van der Waals surface area contributed by atoms with Crippen molar-refractivity contribution in [1.29, 1.82) is 0 Å². The lowest BCUT2D eigenvalue weighted by Crippen LogP contribution is -2.28. The third kappa shape index (κ3) is 4.64. The molecule has 0 radical (unpaired) electrons. The average Bonchev–Trinajstić information content (AvgIpc) is 3.46. The molecule has 1 saturated heterocycles. The van der Waals surface area contributed by atoms with Crippen LogP contribution in [0.4, 0.5) is 11.5 Å². The highest BCUT2D eigenvalue weighted by Crippen LogP contribution is 2.39. The Morgan fingerprint density at radius 3 is 2.80 bits per heavy atom. The molecule has 1 aliphatic carbocycles. The molecule has 5 aromatic rings. The number of nitrogens with two attached hydrogens (primary N) is 1. The van der Waals surface area contributed by atoms with Gasteiger partial charge in [-0.25, -0.2) is 9.97 Å². The minimum atomic E-state index is -0.709. The minimum absolute atomic E-state index is 0.203. The normalized spacial score (nSPS) is 20.7. The maximum absolute atomic E-state index is 10.9. The molecule has 1 aliphatic heterocycles. The molecule has 2 aliphatic rings. The molecule has 3 atom stereocenters. The van der Waals surface area contributed by atoms with E-state index in [9.17, 15) is 5.11 Å². The summed E-state index contributed by atoms with van der Waals surface area (Å²) in [6.07, 6.45) is 7.29. The third-order valence-electron chi connectivity index (χ3n) is 8.21.